The van der Waals surface area contributed by atoms with Crippen LogP contribution in [0.4, 0.5) is 0 Å². The molecule has 112 valence electrons. The number of amides is 1. The number of carbonyl (C=O) groups excluding carboxylic acids is 1. The Hall–Kier alpha value is -1.81. The van der Waals surface area contributed by atoms with Crippen LogP contribution in [-0.2, 0) is 0 Å². The van der Waals surface area contributed by atoms with Gasteiger partial charge in [-0.2, -0.15) is 0 Å². The van der Waals surface area contributed by atoms with Gasteiger partial charge in [0.15, 0.2) is 5.76 Å². The Bertz CT molecular complexity index is 681. The number of rotatable bonds is 3. The summed E-state index contributed by atoms with van der Waals surface area (Å²) >= 11 is 0. The molecule has 1 fully saturated rings. The van der Waals surface area contributed by atoms with Crippen LogP contribution in [0, 0.1) is 13.8 Å². The van der Waals surface area contributed by atoms with Gasteiger partial charge in [0.1, 0.15) is 5.58 Å². The average Bonchev–Trinajstić information content (AvgIpc) is 3.06. The number of fused-ring (bicyclic) bond motifs is 1. The SMILES string of the molecule is Cc1c(C(=O)NC2(CN)CCCC2)oc2c(C)cccc12. The van der Waals surface area contributed by atoms with Gasteiger partial charge in [-0.1, -0.05) is 31.0 Å². The largest absolute Gasteiger partial charge is 0.450 e. The molecule has 4 heteroatoms. The molecule has 0 aliphatic heterocycles. The number of hydrogen-bond acceptors (Lipinski definition) is 3. The second kappa shape index (κ2) is 5.19. The lowest BCUT2D eigenvalue weighted by Gasteiger charge is -2.28. The molecule has 0 bridgehead atoms. The Kier molecular flexibility index (Phi) is 3.49. The highest BCUT2D eigenvalue weighted by Crippen LogP contribution is 2.31. The van der Waals surface area contributed by atoms with Gasteiger partial charge in [-0.05, 0) is 32.3 Å². The number of benzene rings is 1. The lowest BCUT2D eigenvalue weighted by atomic mass is 9.97. The quantitative estimate of drug-likeness (QED) is 0.911. The molecule has 1 aliphatic rings. The van der Waals surface area contributed by atoms with Crippen LogP contribution in [0.3, 0.4) is 0 Å². The highest BCUT2D eigenvalue weighted by atomic mass is 16.3. The van der Waals surface area contributed by atoms with Crippen LogP contribution in [0.2, 0.25) is 0 Å². The second-order valence-corrected chi connectivity index (χ2v) is 6.15. The van der Waals surface area contributed by atoms with Gasteiger partial charge in [-0.15, -0.1) is 0 Å². The molecule has 1 amide bonds. The fraction of sp³-hybridized carbons (Fsp3) is 0.471. The van der Waals surface area contributed by atoms with Crippen molar-refractivity contribution in [2.24, 2.45) is 5.73 Å². The maximum atomic E-state index is 12.6. The van der Waals surface area contributed by atoms with E-state index in [9.17, 15) is 4.79 Å². The van der Waals surface area contributed by atoms with Crippen LogP contribution >= 0.6 is 0 Å². The van der Waals surface area contributed by atoms with Gasteiger partial charge in [-0.25, -0.2) is 0 Å². The average molecular weight is 286 g/mol. The Balaban J connectivity index is 1.95. The Morgan fingerprint density at radius 1 is 1.33 bits per heavy atom. The molecule has 3 N–H and O–H groups in total. The first-order valence-corrected chi connectivity index (χ1v) is 7.58. The predicted molar refractivity (Wildman–Crippen MR) is 83.4 cm³/mol. The van der Waals surface area contributed by atoms with Crippen LogP contribution in [0.5, 0.6) is 0 Å². The van der Waals surface area contributed by atoms with Crippen molar-refractivity contribution in [2.45, 2.75) is 45.1 Å². The van der Waals surface area contributed by atoms with E-state index in [-0.39, 0.29) is 11.4 Å². The molecule has 3 rings (SSSR count). The summed E-state index contributed by atoms with van der Waals surface area (Å²) in [5, 5.41) is 4.13. The monoisotopic (exact) mass is 286 g/mol. The number of hydrogen-bond donors (Lipinski definition) is 2. The topological polar surface area (TPSA) is 68.3 Å². The standard InChI is InChI=1S/C17H22N2O2/c1-11-6-5-7-13-12(2)15(21-14(11)13)16(20)19-17(10-18)8-3-4-9-17/h5-7H,3-4,8-10,18H2,1-2H3,(H,19,20). The van der Waals surface area contributed by atoms with E-state index in [2.05, 4.69) is 5.32 Å². The van der Waals surface area contributed by atoms with Gasteiger partial charge in [0.05, 0.1) is 5.54 Å². The highest BCUT2D eigenvalue weighted by Gasteiger charge is 2.35. The molecule has 1 aromatic carbocycles. The molecule has 0 atom stereocenters. The van der Waals surface area contributed by atoms with Crippen LogP contribution in [0.1, 0.15) is 47.4 Å². The zero-order valence-corrected chi connectivity index (χ0v) is 12.7. The van der Waals surface area contributed by atoms with Gasteiger partial charge in [0, 0.05) is 17.5 Å². The van der Waals surface area contributed by atoms with E-state index in [1.165, 1.54) is 0 Å². The molecule has 1 saturated carbocycles. The third-order valence-corrected chi connectivity index (χ3v) is 4.70. The van der Waals surface area contributed by atoms with Crippen molar-refractivity contribution in [3.63, 3.8) is 0 Å². The molecule has 0 radical (unpaired) electrons. The zero-order chi connectivity index (χ0) is 15.0. The van der Waals surface area contributed by atoms with Crippen molar-refractivity contribution in [1.29, 1.82) is 0 Å². The molecular weight excluding hydrogens is 264 g/mol. The molecule has 0 saturated heterocycles. The van der Waals surface area contributed by atoms with Crippen molar-refractivity contribution in [2.75, 3.05) is 6.54 Å². The molecule has 4 nitrogen and oxygen atoms in total. The van der Waals surface area contributed by atoms with Gasteiger partial charge in [0.2, 0.25) is 0 Å². The van der Waals surface area contributed by atoms with Crippen molar-refractivity contribution in [1.82, 2.24) is 5.32 Å². The first kappa shape index (κ1) is 14.1. The van der Waals surface area contributed by atoms with Crippen LogP contribution in [-0.4, -0.2) is 18.0 Å². The van der Waals surface area contributed by atoms with Crippen molar-refractivity contribution in [3.8, 4) is 0 Å². The summed E-state index contributed by atoms with van der Waals surface area (Å²) in [6.07, 6.45) is 4.15. The maximum Gasteiger partial charge on any atom is 0.287 e. The molecule has 0 unspecified atom stereocenters. The van der Waals surface area contributed by atoms with Crippen LogP contribution in [0.25, 0.3) is 11.0 Å². The van der Waals surface area contributed by atoms with E-state index in [0.717, 1.165) is 47.8 Å². The summed E-state index contributed by atoms with van der Waals surface area (Å²) in [5.74, 6) is 0.273. The number of nitrogens with two attached hydrogens (primary N) is 1. The van der Waals surface area contributed by atoms with Gasteiger partial charge < -0.3 is 15.5 Å². The number of furan rings is 1. The minimum Gasteiger partial charge on any atom is -0.450 e. The zero-order valence-electron chi connectivity index (χ0n) is 12.7. The first-order chi connectivity index (χ1) is 10.1. The van der Waals surface area contributed by atoms with Crippen molar-refractivity contribution >= 4 is 16.9 Å². The number of para-hydroxylation sites is 1. The first-order valence-electron chi connectivity index (χ1n) is 7.58. The number of carbonyl (C=O) groups is 1. The summed E-state index contributed by atoms with van der Waals surface area (Å²) in [5.41, 5.74) is 8.38. The Labute approximate surface area is 124 Å². The van der Waals surface area contributed by atoms with Crippen molar-refractivity contribution in [3.05, 3.63) is 35.1 Å². The van der Waals surface area contributed by atoms with E-state index in [0.29, 0.717) is 12.3 Å². The summed E-state index contributed by atoms with van der Waals surface area (Å²) in [7, 11) is 0. The van der Waals surface area contributed by atoms with E-state index < -0.39 is 0 Å². The molecule has 0 spiro atoms. The highest BCUT2D eigenvalue weighted by molar-refractivity contribution is 5.99. The lowest BCUT2D eigenvalue weighted by Crippen LogP contribution is -2.51. The maximum absolute atomic E-state index is 12.6. The van der Waals surface area contributed by atoms with Crippen LogP contribution < -0.4 is 11.1 Å². The molecule has 1 aliphatic carbocycles. The van der Waals surface area contributed by atoms with Gasteiger partial charge in [0.25, 0.3) is 5.91 Å². The number of nitrogens with one attached hydrogen (secondary N) is 1. The molecular formula is C17H22N2O2. The lowest BCUT2D eigenvalue weighted by molar-refractivity contribution is 0.0876. The Morgan fingerprint density at radius 2 is 2.05 bits per heavy atom. The fourth-order valence-electron chi connectivity index (χ4n) is 3.33. The van der Waals surface area contributed by atoms with E-state index in [4.69, 9.17) is 10.2 Å². The minimum absolute atomic E-state index is 0.143. The molecule has 21 heavy (non-hydrogen) atoms. The second-order valence-electron chi connectivity index (χ2n) is 6.15. The molecule has 2 aromatic rings. The molecule has 1 heterocycles. The minimum atomic E-state index is -0.252. The fourth-order valence-corrected chi connectivity index (χ4v) is 3.33. The summed E-state index contributed by atoms with van der Waals surface area (Å²) in [6, 6.07) is 5.97. The molecule has 1 aromatic heterocycles. The van der Waals surface area contributed by atoms with Crippen molar-refractivity contribution < 1.29 is 9.21 Å². The summed E-state index contributed by atoms with van der Waals surface area (Å²) in [4.78, 5) is 12.6. The normalized spacial score (nSPS) is 17.3. The van der Waals surface area contributed by atoms with Gasteiger partial charge >= 0.3 is 0 Å². The Morgan fingerprint density at radius 3 is 2.67 bits per heavy atom. The van der Waals surface area contributed by atoms with E-state index in [1.807, 2.05) is 32.0 Å². The third kappa shape index (κ3) is 2.33. The number of aryl methyl sites for hydroxylation is 2. The van der Waals surface area contributed by atoms with Crippen LogP contribution in [0.15, 0.2) is 22.6 Å². The van der Waals surface area contributed by atoms with E-state index >= 15 is 0 Å². The van der Waals surface area contributed by atoms with E-state index in [1.54, 1.807) is 0 Å². The smallest absolute Gasteiger partial charge is 0.287 e. The third-order valence-electron chi connectivity index (χ3n) is 4.70. The summed E-state index contributed by atoms with van der Waals surface area (Å²) in [6.45, 7) is 4.41. The predicted octanol–water partition coefficient (Wildman–Crippen LogP) is 3.05. The van der Waals surface area contributed by atoms with Gasteiger partial charge in [-0.3, -0.25) is 4.79 Å². The summed E-state index contributed by atoms with van der Waals surface area (Å²) < 4.78 is 5.84.